The third-order valence-corrected chi connectivity index (χ3v) is 4.31. The molecule has 0 unspecified atom stereocenters. The molecule has 0 atom stereocenters. The average molecular weight is 272 g/mol. The molecular weight excluding hydrogens is 246 g/mol. The Balaban J connectivity index is 0.00000121. The van der Waals surface area contributed by atoms with Crippen molar-refractivity contribution in [2.45, 2.75) is 20.3 Å². The molecule has 3 rings (SSSR count). The predicted octanol–water partition coefficient (Wildman–Crippen LogP) is 3.35. The van der Waals surface area contributed by atoms with E-state index < -0.39 is 0 Å². The number of aryl methyl sites for hydroxylation is 2. The molecule has 1 aromatic heterocycles. The molecule has 109 valence electrons. The highest BCUT2D eigenvalue weighted by atomic mass is 15.2. The van der Waals surface area contributed by atoms with Crippen molar-refractivity contribution in [3.8, 4) is 0 Å². The topological polar surface area (TPSA) is 31.1 Å². The number of nitrogens with one attached hydrogen (secondary N) is 2. The Morgan fingerprint density at radius 3 is 2.90 bits per heavy atom. The van der Waals surface area contributed by atoms with E-state index in [4.69, 9.17) is 6.58 Å². The monoisotopic (exact) mass is 272 g/mol. The van der Waals surface area contributed by atoms with Crippen LogP contribution in [0.15, 0.2) is 18.2 Å². The van der Waals surface area contributed by atoms with Crippen LogP contribution in [0.1, 0.15) is 26.1 Å². The summed E-state index contributed by atoms with van der Waals surface area (Å²) in [6.07, 6.45) is 1.34. The van der Waals surface area contributed by atoms with Crippen LogP contribution in [0.25, 0.3) is 16.6 Å². The third-order valence-electron chi connectivity index (χ3n) is 4.31. The van der Waals surface area contributed by atoms with Crippen LogP contribution in [0.2, 0.25) is 0 Å². The van der Waals surface area contributed by atoms with E-state index in [0.717, 1.165) is 24.4 Å². The molecule has 1 saturated heterocycles. The lowest BCUT2D eigenvalue weighted by Crippen LogP contribution is -2.41. The molecule has 0 spiro atoms. The number of H-pyrrole nitrogens is 1. The SMILES string of the molecule is [CH]=C(NCCN1CCC1)c1ccc2[nH]c(C)c(C)c2c1.[HH].[HH]. The van der Waals surface area contributed by atoms with E-state index in [-0.39, 0.29) is 2.85 Å². The zero-order chi connectivity index (χ0) is 14.1. The Labute approximate surface area is 123 Å². The lowest BCUT2D eigenvalue weighted by atomic mass is 10.1. The average Bonchev–Trinajstić information content (AvgIpc) is 2.67. The summed E-state index contributed by atoms with van der Waals surface area (Å²) in [4.78, 5) is 5.82. The standard InChI is InChI=1S/C17H22N3.2H2/c1-12-13(2)19-17-6-5-15(11-16(12)17)14(3)18-7-10-20-8-4-9-20;;/h3,5-6,11,18-19H,4,7-10H2,1-2H3;2*1H. The van der Waals surface area contributed by atoms with Crippen LogP contribution >= 0.6 is 0 Å². The Morgan fingerprint density at radius 1 is 1.40 bits per heavy atom. The van der Waals surface area contributed by atoms with Crippen molar-refractivity contribution >= 4 is 16.6 Å². The van der Waals surface area contributed by atoms with Crippen molar-refractivity contribution in [1.29, 1.82) is 0 Å². The van der Waals surface area contributed by atoms with Gasteiger partial charge in [0.15, 0.2) is 0 Å². The van der Waals surface area contributed by atoms with Gasteiger partial charge in [0, 0.05) is 38.2 Å². The van der Waals surface area contributed by atoms with Gasteiger partial charge in [0.2, 0.25) is 0 Å². The van der Waals surface area contributed by atoms with E-state index in [9.17, 15) is 0 Å². The van der Waals surface area contributed by atoms with Gasteiger partial charge in [-0.2, -0.15) is 0 Å². The number of nitrogens with zero attached hydrogens (tertiary/aromatic N) is 1. The van der Waals surface area contributed by atoms with Crippen LogP contribution in [0.5, 0.6) is 0 Å². The van der Waals surface area contributed by atoms with Gasteiger partial charge in [0.1, 0.15) is 0 Å². The number of aromatic nitrogens is 1. The van der Waals surface area contributed by atoms with Gasteiger partial charge in [-0.1, -0.05) is 6.07 Å². The summed E-state index contributed by atoms with van der Waals surface area (Å²) < 4.78 is 0. The number of aromatic amines is 1. The number of fused-ring (bicyclic) bond motifs is 1. The van der Waals surface area contributed by atoms with E-state index in [1.165, 1.54) is 41.7 Å². The van der Waals surface area contributed by atoms with E-state index in [0.29, 0.717) is 0 Å². The van der Waals surface area contributed by atoms with E-state index in [2.05, 4.69) is 47.2 Å². The Bertz CT molecular complexity index is 645. The molecule has 3 nitrogen and oxygen atoms in total. The molecule has 0 aliphatic carbocycles. The van der Waals surface area contributed by atoms with Crippen LogP contribution in [0.3, 0.4) is 0 Å². The quantitative estimate of drug-likeness (QED) is 0.874. The fourth-order valence-corrected chi connectivity index (χ4v) is 2.68. The summed E-state index contributed by atoms with van der Waals surface area (Å²) in [5.74, 6) is 0. The van der Waals surface area contributed by atoms with Gasteiger partial charge in [-0.05, 0) is 63.2 Å². The molecule has 0 amide bonds. The lowest BCUT2D eigenvalue weighted by molar-refractivity contribution is 0.185. The van der Waals surface area contributed by atoms with Crippen LogP contribution in [-0.4, -0.2) is 36.1 Å². The molecule has 2 aromatic rings. The highest BCUT2D eigenvalue weighted by Crippen LogP contribution is 2.24. The lowest BCUT2D eigenvalue weighted by Gasteiger charge is -2.30. The maximum atomic E-state index is 6.17. The molecule has 2 N–H and O–H groups in total. The fraction of sp³-hybridized carbons (Fsp3) is 0.412. The summed E-state index contributed by atoms with van der Waals surface area (Å²) >= 11 is 0. The van der Waals surface area contributed by atoms with E-state index in [1.54, 1.807) is 0 Å². The van der Waals surface area contributed by atoms with Gasteiger partial charge in [0.05, 0.1) is 0 Å². The molecule has 20 heavy (non-hydrogen) atoms. The van der Waals surface area contributed by atoms with Crippen molar-refractivity contribution in [1.82, 2.24) is 15.2 Å². The molecule has 1 aromatic carbocycles. The Kier molecular flexibility index (Phi) is 3.53. The zero-order valence-electron chi connectivity index (χ0n) is 12.3. The van der Waals surface area contributed by atoms with Gasteiger partial charge < -0.3 is 15.2 Å². The number of benzene rings is 1. The van der Waals surface area contributed by atoms with E-state index >= 15 is 0 Å². The second-order valence-corrected chi connectivity index (χ2v) is 5.67. The van der Waals surface area contributed by atoms with Crippen LogP contribution in [0.4, 0.5) is 0 Å². The van der Waals surface area contributed by atoms with Crippen molar-refractivity contribution in [2.24, 2.45) is 0 Å². The number of rotatable bonds is 5. The van der Waals surface area contributed by atoms with Crippen molar-refractivity contribution < 1.29 is 2.85 Å². The Hall–Kier alpha value is -1.74. The molecule has 2 heterocycles. The third kappa shape index (κ3) is 2.46. The van der Waals surface area contributed by atoms with Crippen LogP contribution in [0, 0.1) is 20.4 Å². The van der Waals surface area contributed by atoms with Crippen LogP contribution in [-0.2, 0) is 0 Å². The van der Waals surface area contributed by atoms with Gasteiger partial charge >= 0.3 is 0 Å². The predicted molar refractivity (Wildman–Crippen MR) is 88.8 cm³/mol. The highest BCUT2D eigenvalue weighted by Gasteiger charge is 2.12. The molecule has 0 saturated carbocycles. The first kappa shape index (κ1) is 13.3. The van der Waals surface area contributed by atoms with Gasteiger partial charge in [0.25, 0.3) is 0 Å². The number of likely N-dealkylation sites (tertiary alicyclic amines) is 1. The first-order valence-corrected chi connectivity index (χ1v) is 7.33. The molecule has 1 aliphatic rings. The molecule has 1 radical (unpaired) electrons. The summed E-state index contributed by atoms with van der Waals surface area (Å²) in [7, 11) is 0. The summed E-state index contributed by atoms with van der Waals surface area (Å²) in [6, 6.07) is 6.35. The van der Waals surface area contributed by atoms with Gasteiger partial charge in [-0.3, -0.25) is 0 Å². The summed E-state index contributed by atoms with van der Waals surface area (Å²) in [5, 5.41) is 4.59. The normalized spacial score (nSPS) is 15.3. The van der Waals surface area contributed by atoms with E-state index in [1.807, 2.05) is 0 Å². The number of hydrogen-bond acceptors (Lipinski definition) is 2. The van der Waals surface area contributed by atoms with Crippen molar-refractivity contribution in [3.63, 3.8) is 0 Å². The van der Waals surface area contributed by atoms with Gasteiger partial charge in [-0.25, -0.2) is 0 Å². The van der Waals surface area contributed by atoms with Crippen molar-refractivity contribution in [2.75, 3.05) is 26.2 Å². The minimum Gasteiger partial charge on any atom is -0.383 e. The zero-order valence-corrected chi connectivity index (χ0v) is 12.3. The number of hydrogen-bond donors (Lipinski definition) is 2. The molecular formula is C17H26N3. The highest BCUT2D eigenvalue weighted by molar-refractivity contribution is 5.87. The molecule has 0 bridgehead atoms. The molecule has 1 aliphatic heterocycles. The second kappa shape index (κ2) is 5.33. The first-order valence-electron chi connectivity index (χ1n) is 7.33. The Morgan fingerprint density at radius 2 is 2.20 bits per heavy atom. The maximum Gasteiger partial charge on any atom is 0.0459 e. The first-order chi connectivity index (χ1) is 9.65. The smallest absolute Gasteiger partial charge is 0.0459 e. The molecule has 1 fully saturated rings. The summed E-state index contributed by atoms with van der Waals surface area (Å²) in [6.45, 7) is 14.9. The van der Waals surface area contributed by atoms with Crippen molar-refractivity contribution in [3.05, 3.63) is 41.6 Å². The second-order valence-electron chi connectivity index (χ2n) is 5.67. The van der Waals surface area contributed by atoms with Crippen LogP contribution < -0.4 is 5.32 Å². The fourth-order valence-electron chi connectivity index (χ4n) is 2.68. The summed E-state index contributed by atoms with van der Waals surface area (Å²) in [5.41, 5.74) is 5.54. The van der Waals surface area contributed by atoms with Gasteiger partial charge in [-0.15, -0.1) is 0 Å². The minimum absolute atomic E-state index is 0. The molecule has 3 heteroatoms. The largest absolute Gasteiger partial charge is 0.383 e. The minimum atomic E-state index is 0. The maximum absolute atomic E-state index is 6.17.